The molecule has 1 aliphatic heterocycles. The molecule has 4 heteroatoms. The number of halogens is 1. The molecule has 122 valence electrons. The van der Waals surface area contributed by atoms with Crippen molar-refractivity contribution >= 4 is 24.0 Å². The summed E-state index contributed by atoms with van der Waals surface area (Å²) in [5, 5.41) is 3.31. The molecule has 1 saturated carbocycles. The maximum Gasteiger partial charge on any atom is 0.240 e. The van der Waals surface area contributed by atoms with Gasteiger partial charge >= 0.3 is 0 Å². The van der Waals surface area contributed by atoms with Gasteiger partial charge in [0.05, 0.1) is 6.54 Å². The molecule has 0 aromatic heterocycles. The van der Waals surface area contributed by atoms with Crippen molar-refractivity contribution in [1.29, 1.82) is 0 Å². The van der Waals surface area contributed by atoms with Crippen molar-refractivity contribution in [2.75, 3.05) is 24.5 Å². The topological polar surface area (TPSA) is 32.3 Å². The van der Waals surface area contributed by atoms with E-state index in [2.05, 4.69) is 37.4 Å². The molecule has 0 atom stereocenters. The molecule has 0 bridgehead atoms. The molecule has 1 aromatic carbocycles. The Morgan fingerprint density at radius 2 is 2.14 bits per heavy atom. The van der Waals surface area contributed by atoms with Gasteiger partial charge in [-0.1, -0.05) is 26.0 Å². The first kappa shape index (κ1) is 17.3. The third-order valence-electron chi connectivity index (χ3n) is 4.60. The van der Waals surface area contributed by atoms with Crippen LogP contribution in [0.25, 0.3) is 0 Å². The Hall–Kier alpha value is -1.06. The van der Waals surface area contributed by atoms with E-state index >= 15 is 0 Å². The fraction of sp³-hybridized carbons (Fsp3) is 0.611. The van der Waals surface area contributed by atoms with Gasteiger partial charge in [-0.2, -0.15) is 0 Å². The lowest BCUT2D eigenvalue weighted by molar-refractivity contribution is -0.117. The first-order valence-electron chi connectivity index (χ1n) is 8.29. The number of amides is 1. The number of fused-ring (bicyclic) bond motifs is 1. The van der Waals surface area contributed by atoms with E-state index in [4.69, 9.17) is 0 Å². The molecule has 1 heterocycles. The summed E-state index contributed by atoms with van der Waals surface area (Å²) in [6.45, 7) is 6.77. The third-order valence-corrected chi connectivity index (χ3v) is 4.60. The van der Waals surface area contributed by atoms with Crippen LogP contribution in [0.4, 0.5) is 5.69 Å². The van der Waals surface area contributed by atoms with Crippen LogP contribution < -0.4 is 10.2 Å². The van der Waals surface area contributed by atoms with Gasteiger partial charge in [0.2, 0.25) is 5.91 Å². The van der Waals surface area contributed by atoms with Crippen LogP contribution in [0.15, 0.2) is 18.2 Å². The second-order valence-electron chi connectivity index (χ2n) is 6.77. The highest BCUT2D eigenvalue weighted by Gasteiger charge is 2.24. The molecule has 3 rings (SSSR count). The zero-order valence-electron chi connectivity index (χ0n) is 13.6. The largest absolute Gasteiger partial charge is 0.311 e. The van der Waals surface area contributed by atoms with Crippen LogP contribution in [0, 0.1) is 5.92 Å². The molecule has 0 unspecified atom stereocenters. The summed E-state index contributed by atoms with van der Waals surface area (Å²) in [6, 6.07) is 6.60. The van der Waals surface area contributed by atoms with Gasteiger partial charge in [-0.25, -0.2) is 0 Å². The number of aryl methyl sites for hydroxylation is 1. The van der Waals surface area contributed by atoms with Gasteiger partial charge in [0.15, 0.2) is 0 Å². The van der Waals surface area contributed by atoms with Crippen LogP contribution in [-0.4, -0.2) is 25.5 Å². The average Bonchev–Trinajstić information content (AvgIpc) is 3.30. The van der Waals surface area contributed by atoms with Crippen LogP contribution in [0.3, 0.4) is 0 Å². The highest BCUT2D eigenvalue weighted by Crippen LogP contribution is 2.30. The van der Waals surface area contributed by atoms with E-state index in [0.29, 0.717) is 12.5 Å². The van der Waals surface area contributed by atoms with Crippen molar-refractivity contribution in [3.63, 3.8) is 0 Å². The zero-order valence-corrected chi connectivity index (χ0v) is 14.4. The number of carbonyl (C=O) groups excluding carboxylic acids is 1. The highest BCUT2D eigenvalue weighted by molar-refractivity contribution is 5.96. The maximum absolute atomic E-state index is 12.4. The summed E-state index contributed by atoms with van der Waals surface area (Å²) < 4.78 is 0. The molecule has 1 aromatic rings. The summed E-state index contributed by atoms with van der Waals surface area (Å²) in [6.07, 6.45) is 4.82. The van der Waals surface area contributed by atoms with Gasteiger partial charge < -0.3 is 10.2 Å². The lowest BCUT2D eigenvalue weighted by atomic mass is 9.95. The minimum atomic E-state index is 0. The average molecular weight is 323 g/mol. The van der Waals surface area contributed by atoms with Crippen LogP contribution in [0.5, 0.6) is 0 Å². The first-order chi connectivity index (χ1) is 10.1. The smallest absolute Gasteiger partial charge is 0.240 e. The van der Waals surface area contributed by atoms with Crippen molar-refractivity contribution < 1.29 is 4.79 Å². The number of rotatable bonds is 5. The lowest BCUT2D eigenvalue weighted by Crippen LogP contribution is -2.41. The molecule has 2 aliphatic rings. The third kappa shape index (κ3) is 4.02. The predicted molar refractivity (Wildman–Crippen MR) is 94.0 cm³/mol. The molecule has 0 saturated heterocycles. The Bertz CT molecular complexity index is 526. The molecule has 0 spiro atoms. The number of carbonyl (C=O) groups is 1. The normalized spacial score (nSPS) is 17.1. The quantitative estimate of drug-likeness (QED) is 0.899. The number of hydrogen-bond acceptors (Lipinski definition) is 2. The monoisotopic (exact) mass is 322 g/mol. The van der Waals surface area contributed by atoms with Gasteiger partial charge in [0.1, 0.15) is 0 Å². The molecule has 1 fully saturated rings. The fourth-order valence-corrected chi connectivity index (χ4v) is 3.04. The minimum Gasteiger partial charge on any atom is -0.311 e. The van der Waals surface area contributed by atoms with Crippen molar-refractivity contribution in [3.8, 4) is 0 Å². The van der Waals surface area contributed by atoms with Gasteiger partial charge in [0.25, 0.3) is 0 Å². The predicted octanol–water partition coefficient (Wildman–Crippen LogP) is 3.51. The summed E-state index contributed by atoms with van der Waals surface area (Å²) in [7, 11) is 0. The number of nitrogens with zero attached hydrogens (tertiary/aromatic N) is 1. The van der Waals surface area contributed by atoms with Gasteiger partial charge in [0, 0.05) is 12.2 Å². The van der Waals surface area contributed by atoms with Crippen LogP contribution in [-0.2, 0) is 11.2 Å². The van der Waals surface area contributed by atoms with Gasteiger partial charge in [-0.05, 0) is 61.3 Å². The number of nitrogens with one attached hydrogen (secondary N) is 1. The summed E-state index contributed by atoms with van der Waals surface area (Å²) >= 11 is 0. The van der Waals surface area contributed by atoms with Crippen molar-refractivity contribution in [2.45, 2.75) is 45.4 Å². The van der Waals surface area contributed by atoms with E-state index in [-0.39, 0.29) is 18.3 Å². The number of hydrogen-bond donors (Lipinski definition) is 1. The SMILES string of the molecule is CC(C)c1ccc2c(c1)CCCN2C(=O)CNCC1CC1.Cl. The van der Waals surface area contributed by atoms with E-state index in [1.165, 1.54) is 24.0 Å². The minimum absolute atomic E-state index is 0. The van der Waals surface area contributed by atoms with Gasteiger partial charge in [-0.3, -0.25) is 4.79 Å². The maximum atomic E-state index is 12.4. The van der Waals surface area contributed by atoms with Crippen LogP contribution in [0.2, 0.25) is 0 Å². The van der Waals surface area contributed by atoms with Gasteiger partial charge in [-0.15, -0.1) is 12.4 Å². The second-order valence-corrected chi connectivity index (χ2v) is 6.77. The summed E-state index contributed by atoms with van der Waals surface area (Å²) in [5.74, 6) is 1.58. The molecular weight excluding hydrogens is 296 g/mol. The van der Waals surface area contributed by atoms with Crippen molar-refractivity contribution in [2.24, 2.45) is 5.92 Å². The lowest BCUT2D eigenvalue weighted by Gasteiger charge is -2.30. The Morgan fingerprint density at radius 3 is 2.82 bits per heavy atom. The molecule has 1 amide bonds. The first-order valence-corrected chi connectivity index (χ1v) is 8.29. The number of anilines is 1. The second kappa shape index (κ2) is 7.47. The van der Waals surface area contributed by atoms with E-state index in [9.17, 15) is 4.79 Å². The Labute approximate surface area is 139 Å². The Balaban J connectivity index is 0.00000176. The molecule has 3 nitrogen and oxygen atoms in total. The Kier molecular flexibility index (Phi) is 5.87. The van der Waals surface area contributed by atoms with E-state index in [1.807, 2.05) is 4.90 Å². The summed E-state index contributed by atoms with van der Waals surface area (Å²) in [4.78, 5) is 14.4. The van der Waals surface area contributed by atoms with E-state index in [1.54, 1.807) is 0 Å². The van der Waals surface area contributed by atoms with Crippen LogP contribution >= 0.6 is 12.4 Å². The molecule has 22 heavy (non-hydrogen) atoms. The highest BCUT2D eigenvalue weighted by atomic mass is 35.5. The Morgan fingerprint density at radius 1 is 1.36 bits per heavy atom. The van der Waals surface area contributed by atoms with E-state index in [0.717, 1.165) is 37.5 Å². The zero-order chi connectivity index (χ0) is 14.8. The number of benzene rings is 1. The molecular formula is C18H27ClN2O. The molecule has 1 N–H and O–H groups in total. The molecule has 0 radical (unpaired) electrons. The van der Waals surface area contributed by atoms with Crippen LogP contribution in [0.1, 0.15) is 50.2 Å². The molecule has 1 aliphatic carbocycles. The van der Waals surface area contributed by atoms with Crippen molar-refractivity contribution in [1.82, 2.24) is 5.32 Å². The van der Waals surface area contributed by atoms with Crippen molar-refractivity contribution in [3.05, 3.63) is 29.3 Å². The standard InChI is InChI=1S/C18H26N2O.ClH/c1-13(2)15-7-8-17-16(10-15)4-3-9-20(17)18(21)12-19-11-14-5-6-14;/h7-8,10,13-14,19H,3-6,9,11-12H2,1-2H3;1H. The summed E-state index contributed by atoms with van der Waals surface area (Å²) in [5.41, 5.74) is 3.83. The van der Waals surface area contributed by atoms with E-state index < -0.39 is 0 Å². The fourth-order valence-electron chi connectivity index (χ4n) is 3.04.